The summed E-state index contributed by atoms with van der Waals surface area (Å²) in [6.07, 6.45) is 8.91. The van der Waals surface area contributed by atoms with Gasteiger partial charge in [0.2, 0.25) is 5.91 Å². The van der Waals surface area contributed by atoms with Gasteiger partial charge >= 0.3 is 0 Å². The molecule has 11 heteroatoms. The second-order valence-corrected chi connectivity index (χ2v) is 10.8. The zero-order valence-electron chi connectivity index (χ0n) is 22.7. The average Bonchev–Trinajstić information content (AvgIpc) is 3.65. The van der Waals surface area contributed by atoms with Gasteiger partial charge in [0.1, 0.15) is 5.65 Å². The summed E-state index contributed by atoms with van der Waals surface area (Å²) in [7, 11) is 0. The highest BCUT2D eigenvalue weighted by Gasteiger charge is 2.23. The van der Waals surface area contributed by atoms with Crippen LogP contribution in [0.4, 0.5) is 11.4 Å². The molecule has 5 heterocycles. The summed E-state index contributed by atoms with van der Waals surface area (Å²) in [6, 6.07) is 5.80. The van der Waals surface area contributed by atoms with E-state index in [2.05, 4.69) is 42.5 Å². The number of aliphatic hydroxyl groups is 1. The summed E-state index contributed by atoms with van der Waals surface area (Å²) in [5.41, 5.74) is 3.85. The maximum absolute atomic E-state index is 13.1. The first-order valence-electron chi connectivity index (χ1n) is 13.1. The lowest BCUT2D eigenvalue weighted by atomic mass is 10.1. The van der Waals surface area contributed by atoms with E-state index < -0.39 is 5.54 Å². The SMILES string of the molecule is Cc1ncc(NC(=O)CN2CCC[C@@H]2C)cc1NC(=O)c1cnc2[nH]c(-c3cnn(C(C)(C)CO)c3)cc2c1. The summed E-state index contributed by atoms with van der Waals surface area (Å²) >= 11 is 0. The number of aryl methyl sites for hydroxylation is 1. The summed E-state index contributed by atoms with van der Waals surface area (Å²) in [5, 5.41) is 20.6. The topological polar surface area (TPSA) is 141 Å². The highest BCUT2D eigenvalue weighted by molar-refractivity contribution is 6.06. The van der Waals surface area contributed by atoms with Gasteiger partial charge in [-0.25, -0.2) is 4.98 Å². The number of anilines is 2. The molecule has 0 aliphatic carbocycles. The third-order valence-corrected chi connectivity index (χ3v) is 7.29. The smallest absolute Gasteiger partial charge is 0.257 e. The molecular formula is C28H34N8O3. The van der Waals surface area contributed by atoms with Crippen molar-refractivity contribution >= 4 is 34.2 Å². The van der Waals surface area contributed by atoms with E-state index in [4.69, 9.17) is 0 Å². The van der Waals surface area contributed by atoms with Gasteiger partial charge in [0.25, 0.3) is 5.91 Å². The molecule has 0 unspecified atom stereocenters. The first kappa shape index (κ1) is 26.5. The zero-order valence-corrected chi connectivity index (χ0v) is 22.7. The largest absolute Gasteiger partial charge is 0.394 e. The fraction of sp³-hybridized carbons (Fsp3) is 0.393. The van der Waals surface area contributed by atoms with E-state index in [1.165, 1.54) is 6.20 Å². The number of carbonyl (C=O) groups excluding carboxylic acids is 2. The molecule has 4 aromatic rings. The number of nitrogens with one attached hydrogen (secondary N) is 3. The van der Waals surface area contributed by atoms with Crippen molar-refractivity contribution < 1.29 is 14.7 Å². The van der Waals surface area contributed by atoms with E-state index in [0.717, 1.165) is 36.0 Å². The molecule has 1 fully saturated rings. The van der Waals surface area contributed by atoms with Crippen molar-refractivity contribution in [2.75, 3.05) is 30.3 Å². The van der Waals surface area contributed by atoms with E-state index in [9.17, 15) is 14.7 Å². The van der Waals surface area contributed by atoms with Crippen molar-refractivity contribution in [1.82, 2.24) is 29.6 Å². The van der Waals surface area contributed by atoms with E-state index >= 15 is 0 Å². The maximum atomic E-state index is 13.1. The number of carbonyl (C=O) groups is 2. The van der Waals surface area contributed by atoms with Crippen molar-refractivity contribution in [3.63, 3.8) is 0 Å². The molecule has 204 valence electrons. The molecule has 1 aliphatic rings. The van der Waals surface area contributed by atoms with Gasteiger partial charge in [-0.1, -0.05) is 0 Å². The van der Waals surface area contributed by atoms with E-state index in [1.807, 2.05) is 26.1 Å². The quantitative estimate of drug-likeness (QED) is 0.273. The Kier molecular flexibility index (Phi) is 7.19. The Morgan fingerprint density at radius 3 is 2.72 bits per heavy atom. The molecule has 5 rings (SSSR count). The van der Waals surface area contributed by atoms with Crippen LogP contribution in [0, 0.1) is 6.92 Å². The molecule has 1 aliphatic heterocycles. The lowest BCUT2D eigenvalue weighted by Crippen LogP contribution is -2.35. The van der Waals surface area contributed by atoms with Crippen molar-refractivity contribution in [2.24, 2.45) is 0 Å². The Morgan fingerprint density at radius 1 is 1.15 bits per heavy atom. The van der Waals surface area contributed by atoms with E-state index in [-0.39, 0.29) is 18.4 Å². The second-order valence-electron chi connectivity index (χ2n) is 10.8. The molecule has 1 atom stereocenters. The fourth-order valence-corrected chi connectivity index (χ4v) is 4.70. The number of likely N-dealkylation sites (tertiary alicyclic amines) is 1. The predicted molar refractivity (Wildman–Crippen MR) is 150 cm³/mol. The number of aromatic nitrogens is 5. The van der Waals surface area contributed by atoms with Crippen LogP contribution in [0.25, 0.3) is 22.3 Å². The van der Waals surface area contributed by atoms with Gasteiger partial charge in [-0.3, -0.25) is 24.2 Å². The average molecular weight is 531 g/mol. The van der Waals surface area contributed by atoms with Gasteiger partial charge in [-0.05, 0) is 65.3 Å². The number of rotatable bonds is 8. The van der Waals surface area contributed by atoms with Crippen molar-refractivity contribution in [3.05, 3.63) is 54.2 Å². The van der Waals surface area contributed by atoms with Gasteiger partial charge in [0, 0.05) is 29.4 Å². The normalized spacial score (nSPS) is 16.1. The van der Waals surface area contributed by atoms with Crippen LogP contribution in [0.3, 0.4) is 0 Å². The monoisotopic (exact) mass is 530 g/mol. The first-order valence-corrected chi connectivity index (χ1v) is 13.1. The van der Waals surface area contributed by atoms with Gasteiger partial charge < -0.3 is 20.7 Å². The van der Waals surface area contributed by atoms with Crippen LogP contribution in [-0.4, -0.2) is 72.3 Å². The van der Waals surface area contributed by atoms with Crippen molar-refractivity contribution in [3.8, 4) is 11.3 Å². The molecule has 4 N–H and O–H groups in total. The molecule has 0 bridgehead atoms. The summed E-state index contributed by atoms with van der Waals surface area (Å²) < 4.78 is 1.72. The number of fused-ring (bicyclic) bond motifs is 1. The van der Waals surface area contributed by atoms with Gasteiger partial charge in [-0.15, -0.1) is 0 Å². The Hall–Kier alpha value is -4.09. The molecule has 1 saturated heterocycles. The molecule has 4 aromatic heterocycles. The van der Waals surface area contributed by atoms with Crippen LogP contribution >= 0.6 is 0 Å². The minimum atomic E-state index is -0.521. The third kappa shape index (κ3) is 5.69. The van der Waals surface area contributed by atoms with Crippen molar-refractivity contribution in [2.45, 2.75) is 52.1 Å². The molecular weight excluding hydrogens is 496 g/mol. The molecule has 0 saturated carbocycles. The van der Waals surface area contributed by atoms with Crippen LogP contribution in [-0.2, 0) is 10.3 Å². The van der Waals surface area contributed by atoms with E-state index in [1.54, 1.807) is 36.1 Å². The highest BCUT2D eigenvalue weighted by Crippen LogP contribution is 2.26. The predicted octanol–water partition coefficient (Wildman–Crippen LogP) is 3.53. The molecule has 11 nitrogen and oxygen atoms in total. The summed E-state index contributed by atoms with van der Waals surface area (Å²) in [4.78, 5) is 39.9. The third-order valence-electron chi connectivity index (χ3n) is 7.29. The summed E-state index contributed by atoms with van der Waals surface area (Å²) in [6.45, 7) is 8.95. The summed E-state index contributed by atoms with van der Waals surface area (Å²) in [5.74, 6) is -0.431. The zero-order chi connectivity index (χ0) is 27.7. The van der Waals surface area contributed by atoms with Crippen LogP contribution in [0.15, 0.2) is 43.0 Å². The molecule has 39 heavy (non-hydrogen) atoms. The van der Waals surface area contributed by atoms with Gasteiger partial charge in [0.15, 0.2) is 0 Å². The first-order chi connectivity index (χ1) is 18.6. The number of aromatic amines is 1. The number of hydrogen-bond acceptors (Lipinski definition) is 7. The number of pyridine rings is 2. The standard InChI is InChI=1S/C28H34N8O3/c1-17-6-5-7-35(17)15-25(38)32-22-10-23(18(2)29-13-22)34-27(39)20-8-19-9-24(33-26(19)30-11-20)21-12-31-36(14-21)28(3,4)16-37/h8-14,17,37H,5-7,15-16H2,1-4H3,(H,30,33)(H,32,38)(H,34,39)/t17-/m0/s1. The molecule has 0 spiro atoms. The van der Waals surface area contributed by atoms with Crippen LogP contribution in [0.5, 0.6) is 0 Å². The fourth-order valence-electron chi connectivity index (χ4n) is 4.70. The van der Waals surface area contributed by atoms with Crippen LogP contribution in [0.1, 0.15) is 49.7 Å². The molecule has 2 amide bonds. The highest BCUT2D eigenvalue weighted by atomic mass is 16.3. The molecule has 0 aromatic carbocycles. The number of amides is 2. The number of aliphatic hydroxyl groups excluding tert-OH is 1. The lowest BCUT2D eigenvalue weighted by Gasteiger charge is -2.21. The van der Waals surface area contributed by atoms with E-state index in [0.29, 0.717) is 40.9 Å². The number of hydrogen-bond donors (Lipinski definition) is 4. The maximum Gasteiger partial charge on any atom is 0.257 e. The van der Waals surface area contributed by atoms with Crippen molar-refractivity contribution in [1.29, 1.82) is 0 Å². The number of nitrogens with zero attached hydrogens (tertiary/aromatic N) is 5. The minimum absolute atomic E-state index is 0.0387. The number of H-pyrrole nitrogens is 1. The Labute approximate surface area is 226 Å². The van der Waals surface area contributed by atoms with Crippen LogP contribution < -0.4 is 10.6 Å². The second kappa shape index (κ2) is 10.6. The lowest BCUT2D eigenvalue weighted by molar-refractivity contribution is -0.117. The Bertz CT molecular complexity index is 1520. The Morgan fingerprint density at radius 2 is 1.97 bits per heavy atom. The van der Waals surface area contributed by atoms with Gasteiger partial charge in [0.05, 0.1) is 59.4 Å². The Balaban J connectivity index is 1.29. The van der Waals surface area contributed by atoms with Crippen LogP contribution in [0.2, 0.25) is 0 Å². The van der Waals surface area contributed by atoms with Gasteiger partial charge in [-0.2, -0.15) is 5.10 Å². The minimum Gasteiger partial charge on any atom is -0.394 e. The molecule has 0 radical (unpaired) electrons.